The summed E-state index contributed by atoms with van der Waals surface area (Å²) in [4.78, 5) is 0. The van der Waals surface area contributed by atoms with E-state index in [4.69, 9.17) is 22.3 Å². The molecule has 2 aromatic rings. The molecule has 2 N–H and O–H groups in total. The minimum absolute atomic E-state index is 0.879. The van der Waals surface area contributed by atoms with Crippen LogP contribution in [0, 0.1) is 13.8 Å². The molecule has 0 radical (unpaired) electrons. The van der Waals surface area contributed by atoms with Crippen molar-refractivity contribution in [2.45, 2.75) is 13.8 Å². The molecule has 0 aliphatic heterocycles. The van der Waals surface area contributed by atoms with E-state index in [1.165, 1.54) is 11.1 Å². The number of hydrogen-bond donors (Lipinski definition) is 2. The van der Waals surface area contributed by atoms with Crippen LogP contribution in [0.2, 0.25) is 0 Å². The van der Waals surface area contributed by atoms with Gasteiger partial charge in [0.05, 0.1) is 0 Å². The van der Waals surface area contributed by atoms with Crippen LogP contribution >= 0.6 is 0 Å². The molecule has 0 amide bonds. The fourth-order valence-corrected chi connectivity index (χ4v) is 1.35. The Morgan fingerprint density at radius 2 is 1.00 bits per heavy atom. The molecule has 0 aromatic heterocycles. The predicted octanol–water partition coefficient (Wildman–Crippen LogP) is 3.44. The third-order valence-corrected chi connectivity index (χ3v) is 2.28. The van der Waals surface area contributed by atoms with Gasteiger partial charge in [0, 0.05) is 0 Å². The molecule has 0 saturated carbocycles. The first-order valence-corrected chi connectivity index (χ1v) is 7.15. The van der Waals surface area contributed by atoms with Crippen LogP contribution in [0.5, 0.6) is 11.5 Å². The van der Waals surface area contributed by atoms with Crippen LogP contribution in [0.15, 0.2) is 48.5 Å². The molecule has 2 rings (SSSR count). The third kappa shape index (κ3) is 7.52. The zero-order chi connectivity index (χ0) is 15.2. The Bertz CT molecular complexity index is 579. The van der Waals surface area contributed by atoms with E-state index in [1.54, 1.807) is 0 Å². The van der Waals surface area contributed by atoms with E-state index in [9.17, 15) is 0 Å². The molecule has 0 unspecified atom stereocenters. The van der Waals surface area contributed by atoms with Crippen molar-refractivity contribution >= 4 is 10.4 Å². The van der Waals surface area contributed by atoms with E-state index in [2.05, 4.69) is 13.8 Å². The second-order valence-corrected chi connectivity index (χ2v) is 5.07. The first kappa shape index (κ1) is 16.2. The lowest BCUT2D eigenvalue weighted by molar-refractivity contribution is 0.381. The Hall–Kier alpha value is -1.89. The Kier molecular flexibility index (Phi) is 5.69. The smallest absolute Gasteiger partial charge is 0.394 e. The van der Waals surface area contributed by atoms with E-state index in [0.717, 1.165) is 11.5 Å². The van der Waals surface area contributed by atoms with Crippen molar-refractivity contribution in [2.75, 3.05) is 0 Å². The number of hydrogen-bond acceptors (Lipinski definition) is 3. The van der Waals surface area contributed by atoms with Crippen LogP contribution in [0.1, 0.15) is 11.1 Å². The number of aryl methyl sites for hydroxylation is 2. The van der Waals surface area contributed by atoms with Crippen LogP contribution in [-0.4, -0.2) is 17.5 Å². The lowest BCUT2D eigenvalue weighted by Gasteiger charge is -2.05. The van der Waals surface area contributed by atoms with Gasteiger partial charge >= 0.3 is 10.4 Å². The van der Waals surface area contributed by atoms with Crippen molar-refractivity contribution in [1.29, 1.82) is 0 Å². The molecule has 0 aliphatic carbocycles. The van der Waals surface area contributed by atoms with Crippen molar-refractivity contribution in [1.82, 2.24) is 0 Å². The SMILES string of the molecule is Cc1ccc(Oc2ccc(C)cc2)cc1.O=S(=O)(O)O. The lowest BCUT2D eigenvalue weighted by atomic mass is 10.2. The summed E-state index contributed by atoms with van der Waals surface area (Å²) in [7, 11) is -4.67. The molecule has 0 bridgehead atoms. The van der Waals surface area contributed by atoms with Crippen molar-refractivity contribution in [3.05, 3.63) is 59.7 Å². The highest BCUT2D eigenvalue weighted by atomic mass is 32.3. The van der Waals surface area contributed by atoms with Crippen LogP contribution in [0.4, 0.5) is 0 Å². The summed E-state index contributed by atoms with van der Waals surface area (Å²) in [5.74, 6) is 1.76. The maximum atomic E-state index is 8.74. The predicted molar refractivity (Wildman–Crippen MR) is 76.6 cm³/mol. The molecular formula is C14H16O5S. The molecule has 0 heterocycles. The van der Waals surface area contributed by atoms with E-state index in [-0.39, 0.29) is 0 Å². The summed E-state index contributed by atoms with van der Waals surface area (Å²) in [6.07, 6.45) is 0. The minimum atomic E-state index is -4.67. The molecule has 108 valence electrons. The second-order valence-electron chi connectivity index (χ2n) is 4.18. The zero-order valence-corrected chi connectivity index (χ0v) is 12.0. The number of rotatable bonds is 2. The highest BCUT2D eigenvalue weighted by molar-refractivity contribution is 7.79. The monoisotopic (exact) mass is 296 g/mol. The molecule has 5 nitrogen and oxygen atoms in total. The van der Waals surface area contributed by atoms with Crippen molar-refractivity contribution < 1.29 is 22.3 Å². The average Bonchev–Trinajstić information content (AvgIpc) is 2.33. The fraction of sp³-hybridized carbons (Fsp3) is 0.143. The standard InChI is InChI=1S/C14H14O.H2O4S/c1-11-3-7-13(8-4-11)15-14-9-5-12(2)6-10-14;1-5(2,3)4/h3-10H,1-2H3;(H2,1,2,3,4). The first-order valence-electron chi connectivity index (χ1n) is 5.75. The molecule has 0 atom stereocenters. The minimum Gasteiger partial charge on any atom is -0.457 e. The van der Waals surface area contributed by atoms with Gasteiger partial charge in [0.15, 0.2) is 0 Å². The summed E-state index contributed by atoms with van der Waals surface area (Å²) in [6, 6.07) is 16.1. The maximum Gasteiger partial charge on any atom is 0.394 e. The molecule has 6 heteroatoms. The Morgan fingerprint density at radius 3 is 1.25 bits per heavy atom. The van der Waals surface area contributed by atoms with Gasteiger partial charge in [-0.15, -0.1) is 0 Å². The van der Waals surface area contributed by atoms with E-state index < -0.39 is 10.4 Å². The van der Waals surface area contributed by atoms with Gasteiger partial charge in [-0.05, 0) is 38.1 Å². The highest BCUT2D eigenvalue weighted by Crippen LogP contribution is 2.21. The molecule has 0 aliphatic rings. The largest absolute Gasteiger partial charge is 0.457 e. The fourth-order valence-electron chi connectivity index (χ4n) is 1.35. The first-order chi connectivity index (χ1) is 9.24. The quantitative estimate of drug-likeness (QED) is 0.829. The molecule has 0 saturated heterocycles. The summed E-state index contributed by atoms with van der Waals surface area (Å²) in [5, 5.41) is 0. The topological polar surface area (TPSA) is 83.8 Å². The summed E-state index contributed by atoms with van der Waals surface area (Å²) in [5.41, 5.74) is 2.48. The summed E-state index contributed by atoms with van der Waals surface area (Å²) < 4.78 is 37.3. The third-order valence-electron chi connectivity index (χ3n) is 2.28. The molecular weight excluding hydrogens is 280 g/mol. The molecule has 20 heavy (non-hydrogen) atoms. The Balaban J connectivity index is 0.000000347. The zero-order valence-electron chi connectivity index (χ0n) is 11.1. The number of benzene rings is 2. The van der Waals surface area contributed by atoms with Gasteiger partial charge in [0.1, 0.15) is 11.5 Å². The van der Waals surface area contributed by atoms with Crippen LogP contribution in [0.3, 0.4) is 0 Å². The molecule has 0 spiro atoms. The van der Waals surface area contributed by atoms with Crippen molar-refractivity contribution in [3.63, 3.8) is 0 Å². The van der Waals surface area contributed by atoms with Crippen LogP contribution < -0.4 is 4.74 Å². The van der Waals surface area contributed by atoms with Gasteiger partial charge in [0.25, 0.3) is 0 Å². The van der Waals surface area contributed by atoms with Crippen LogP contribution in [0.25, 0.3) is 0 Å². The molecule has 0 fully saturated rings. The number of ether oxygens (including phenoxy) is 1. The summed E-state index contributed by atoms with van der Waals surface area (Å²) in [6.45, 7) is 4.13. The maximum absolute atomic E-state index is 8.74. The van der Waals surface area contributed by atoms with Crippen molar-refractivity contribution in [3.8, 4) is 11.5 Å². The Morgan fingerprint density at radius 1 is 0.750 bits per heavy atom. The van der Waals surface area contributed by atoms with Gasteiger partial charge in [-0.1, -0.05) is 35.4 Å². The van der Waals surface area contributed by atoms with Crippen molar-refractivity contribution in [2.24, 2.45) is 0 Å². The van der Waals surface area contributed by atoms with Gasteiger partial charge in [-0.2, -0.15) is 8.42 Å². The highest BCUT2D eigenvalue weighted by Gasteiger charge is 1.95. The van der Waals surface area contributed by atoms with Gasteiger partial charge < -0.3 is 4.74 Å². The van der Waals surface area contributed by atoms with Gasteiger partial charge in [-0.3, -0.25) is 9.11 Å². The Labute approximate surface area is 118 Å². The molecule has 2 aromatic carbocycles. The van der Waals surface area contributed by atoms with Crippen LogP contribution in [-0.2, 0) is 10.4 Å². The lowest BCUT2D eigenvalue weighted by Crippen LogP contribution is -1.89. The van der Waals surface area contributed by atoms with E-state index in [1.807, 2.05) is 48.5 Å². The summed E-state index contributed by atoms with van der Waals surface area (Å²) >= 11 is 0. The normalized spacial score (nSPS) is 10.4. The van der Waals surface area contributed by atoms with Gasteiger partial charge in [0.2, 0.25) is 0 Å². The van der Waals surface area contributed by atoms with Gasteiger partial charge in [-0.25, -0.2) is 0 Å². The average molecular weight is 296 g/mol. The van der Waals surface area contributed by atoms with E-state index >= 15 is 0 Å². The van der Waals surface area contributed by atoms with E-state index in [0.29, 0.717) is 0 Å². The second kappa shape index (κ2) is 7.04.